The first-order chi connectivity index (χ1) is 7.66. The largest absolute Gasteiger partial charge is 0.415 e. The summed E-state index contributed by atoms with van der Waals surface area (Å²) in [5, 5.41) is 5.95. The number of carbonyl (C=O) groups is 1. The molecule has 1 aromatic rings. The molecule has 8 heteroatoms. The van der Waals surface area contributed by atoms with Gasteiger partial charge in [0.25, 0.3) is 0 Å². The Balaban J connectivity index is 2.65. The molecule has 0 saturated carbocycles. The molecule has 5 nitrogen and oxygen atoms in total. The molecule has 1 aromatic heterocycles. The summed E-state index contributed by atoms with van der Waals surface area (Å²) in [6.07, 6.45) is -3.31. The van der Waals surface area contributed by atoms with Crippen molar-refractivity contribution >= 4 is 5.91 Å². The van der Waals surface area contributed by atoms with Gasteiger partial charge in [0.15, 0.2) is 5.54 Å². The lowest BCUT2D eigenvalue weighted by Crippen LogP contribution is -2.61. The molecule has 0 spiro atoms. The van der Waals surface area contributed by atoms with Crippen LogP contribution in [0.4, 0.5) is 13.2 Å². The molecule has 0 fully saturated rings. The standard InChI is InChI=1S/C9H13F3N4O/c1-8(13,9(10,11)12)7(17)14-5-6-3-4-15-16(6)2/h3-4H,5,13H2,1-2H3,(H,14,17). The van der Waals surface area contributed by atoms with Crippen LogP contribution in [0.3, 0.4) is 0 Å². The summed E-state index contributed by atoms with van der Waals surface area (Å²) < 4.78 is 38.7. The molecule has 0 aromatic carbocycles. The van der Waals surface area contributed by atoms with Crippen LogP contribution < -0.4 is 11.1 Å². The highest BCUT2D eigenvalue weighted by Crippen LogP contribution is 2.27. The zero-order valence-electron chi connectivity index (χ0n) is 9.38. The van der Waals surface area contributed by atoms with Gasteiger partial charge < -0.3 is 11.1 Å². The fraction of sp³-hybridized carbons (Fsp3) is 0.556. The Hall–Kier alpha value is -1.57. The van der Waals surface area contributed by atoms with Crippen LogP contribution in [-0.2, 0) is 18.4 Å². The van der Waals surface area contributed by atoms with E-state index < -0.39 is 17.6 Å². The molecular formula is C9H13F3N4O. The molecule has 0 aliphatic rings. The fourth-order valence-corrected chi connectivity index (χ4v) is 1.06. The monoisotopic (exact) mass is 250 g/mol. The Bertz CT molecular complexity index is 411. The van der Waals surface area contributed by atoms with Crippen LogP contribution in [0.2, 0.25) is 0 Å². The van der Waals surface area contributed by atoms with Gasteiger partial charge in [0.1, 0.15) is 0 Å². The second-order valence-electron chi connectivity index (χ2n) is 3.83. The third-order valence-electron chi connectivity index (χ3n) is 2.41. The SMILES string of the molecule is Cn1nccc1CNC(=O)C(C)(N)C(F)(F)F. The lowest BCUT2D eigenvalue weighted by molar-refractivity contribution is -0.187. The number of nitrogens with zero attached hydrogens (tertiary/aromatic N) is 2. The first-order valence-corrected chi connectivity index (χ1v) is 4.77. The number of carbonyl (C=O) groups excluding carboxylic acids is 1. The summed E-state index contributed by atoms with van der Waals surface area (Å²) in [6, 6.07) is 1.59. The van der Waals surface area contributed by atoms with E-state index in [-0.39, 0.29) is 6.54 Å². The number of amides is 1. The van der Waals surface area contributed by atoms with E-state index >= 15 is 0 Å². The molecule has 1 rings (SSSR count). The molecule has 1 amide bonds. The highest BCUT2D eigenvalue weighted by atomic mass is 19.4. The van der Waals surface area contributed by atoms with E-state index in [1.54, 1.807) is 13.1 Å². The van der Waals surface area contributed by atoms with Crippen molar-refractivity contribution < 1.29 is 18.0 Å². The molecule has 1 unspecified atom stereocenters. The highest BCUT2D eigenvalue weighted by molar-refractivity contribution is 5.86. The quantitative estimate of drug-likeness (QED) is 0.811. The zero-order chi connectivity index (χ0) is 13.3. The van der Waals surface area contributed by atoms with Gasteiger partial charge >= 0.3 is 6.18 Å². The lowest BCUT2D eigenvalue weighted by Gasteiger charge is -2.26. The van der Waals surface area contributed by atoms with E-state index in [4.69, 9.17) is 5.73 Å². The number of hydrogen-bond donors (Lipinski definition) is 2. The number of hydrogen-bond acceptors (Lipinski definition) is 3. The number of halogens is 3. The molecule has 0 bridgehead atoms. The number of aromatic nitrogens is 2. The van der Waals surface area contributed by atoms with Crippen LogP contribution >= 0.6 is 0 Å². The van der Waals surface area contributed by atoms with Crippen molar-refractivity contribution in [1.82, 2.24) is 15.1 Å². The van der Waals surface area contributed by atoms with Crippen molar-refractivity contribution in [2.45, 2.75) is 25.2 Å². The minimum atomic E-state index is -4.79. The second kappa shape index (κ2) is 4.36. The predicted octanol–water partition coefficient (Wildman–Crippen LogP) is 0.316. The molecule has 3 N–H and O–H groups in total. The fourth-order valence-electron chi connectivity index (χ4n) is 1.06. The van der Waals surface area contributed by atoms with Gasteiger partial charge in [-0.25, -0.2) is 0 Å². The highest BCUT2D eigenvalue weighted by Gasteiger charge is 2.53. The average molecular weight is 250 g/mol. The normalized spacial score (nSPS) is 15.4. The third-order valence-corrected chi connectivity index (χ3v) is 2.41. The van der Waals surface area contributed by atoms with Gasteiger partial charge in [-0.3, -0.25) is 9.48 Å². The maximum atomic E-state index is 12.4. The van der Waals surface area contributed by atoms with Gasteiger partial charge in [-0.05, 0) is 13.0 Å². The van der Waals surface area contributed by atoms with Crippen molar-refractivity contribution in [2.24, 2.45) is 12.8 Å². The van der Waals surface area contributed by atoms with Crippen LogP contribution in [0.25, 0.3) is 0 Å². The van der Waals surface area contributed by atoms with Gasteiger partial charge in [-0.2, -0.15) is 18.3 Å². The molecule has 96 valence electrons. The van der Waals surface area contributed by atoms with Crippen molar-refractivity contribution in [1.29, 1.82) is 0 Å². The maximum Gasteiger partial charge on any atom is 0.415 e. The Morgan fingerprint density at radius 1 is 1.59 bits per heavy atom. The molecule has 1 atom stereocenters. The second-order valence-corrected chi connectivity index (χ2v) is 3.83. The molecule has 0 aliphatic carbocycles. The molecule has 0 aliphatic heterocycles. The van der Waals surface area contributed by atoms with Crippen molar-refractivity contribution in [3.05, 3.63) is 18.0 Å². The van der Waals surface area contributed by atoms with Gasteiger partial charge in [0.05, 0.1) is 12.2 Å². The van der Waals surface area contributed by atoms with Crippen molar-refractivity contribution in [3.8, 4) is 0 Å². The van der Waals surface area contributed by atoms with Crippen molar-refractivity contribution in [2.75, 3.05) is 0 Å². The lowest BCUT2D eigenvalue weighted by atomic mass is 10.0. The van der Waals surface area contributed by atoms with Crippen LogP contribution in [0.5, 0.6) is 0 Å². The number of alkyl halides is 3. The van der Waals surface area contributed by atoms with E-state index in [9.17, 15) is 18.0 Å². The zero-order valence-corrected chi connectivity index (χ0v) is 9.38. The molecular weight excluding hydrogens is 237 g/mol. The molecule has 17 heavy (non-hydrogen) atoms. The number of nitrogens with one attached hydrogen (secondary N) is 1. The number of nitrogens with two attached hydrogens (primary N) is 1. The van der Waals surface area contributed by atoms with E-state index in [1.807, 2.05) is 0 Å². The van der Waals surface area contributed by atoms with E-state index in [2.05, 4.69) is 10.4 Å². The van der Waals surface area contributed by atoms with E-state index in [0.717, 1.165) is 0 Å². The van der Waals surface area contributed by atoms with Gasteiger partial charge in [-0.1, -0.05) is 0 Å². The third kappa shape index (κ3) is 2.76. The summed E-state index contributed by atoms with van der Waals surface area (Å²) in [7, 11) is 1.62. The van der Waals surface area contributed by atoms with Gasteiger partial charge in [-0.15, -0.1) is 0 Å². The summed E-state index contributed by atoms with van der Waals surface area (Å²) in [5.41, 5.74) is 2.64. The Morgan fingerprint density at radius 3 is 2.59 bits per heavy atom. The van der Waals surface area contributed by atoms with E-state index in [0.29, 0.717) is 12.6 Å². The maximum absolute atomic E-state index is 12.4. The summed E-state index contributed by atoms with van der Waals surface area (Å²) in [5.74, 6) is -1.27. The number of aryl methyl sites for hydroxylation is 1. The summed E-state index contributed by atoms with van der Waals surface area (Å²) in [4.78, 5) is 11.3. The molecule has 0 radical (unpaired) electrons. The summed E-state index contributed by atoms with van der Waals surface area (Å²) in [6.45, 7) is 0.573. The first-order valence-electron chi connectivity index (χ1n) is 4.77. The molecule has 1 heterocycles. The predicted molar refractivity (Wildman–Crippen MR) is 53.7 cm³/mol. The smallest absolute Gasteiger partial charge is 0.349 e. The van der Waals surface area contributed by atoms with Gasteiger partial charge in [0, 0.05) is 13.2 Å². The summed E-state index contributed by atoms with van der Waals surface area (Å²) >= 11 is 0. The minimum absolute atomic E-state index is 0.0573. The Kier molecular flexibility index (Phi) is 3.46. The Morgan fingerprint density at radius 2 is 2.18 bits per heavy atom. The molecule has 0 saturated heterocycles. The van der Waals surface area contributed by atoms with Crippen LogP contribution in [0.15, 0.2) is 12.3 Å². The first kappa shape index (κ1) is 13.5. The number of rotatable bonds is 3. The minimum Gasteiger partial charge on any atom is -0.349 e. The van der Waals surface area contributed by atoms with Crippen LogP contribution in [-0.4, -0.2) is 27.4 Å². The topological polar surface area (TPSA) is 72.9 Å². The van der Waals surface area contributed by atoms with E-state index in [1.165, 1.54) is 10.9 Å². The Labute approximate surface area is 95.8 Å². The van der Waals surface area contributed by atoms with Crippen LogP contribution in [0.1, 0.15) is 12.6 Å². The average Bonchev–Trinajstić information content (AvgIpc) is 2.58. The van der Waals surface area contributed by atoms with Crippen molar-refractivity contribution in [3.63, 3.8) is 0 Å². The van der Waals surface area contributed by atoms with Gasteiger partial charge in [0.2, 0.25) is 5.91 Å². The van der Waals surface area contributed by atoms with Crippen LogP contribution in [0, 0.1) is 0 Å².